The van der Waals surface area contributed by atoms with Gasteiger partial charge < -0.3 is 10.6 Å². The predicted octanol–water partition coefficient (Wildman–Crippen LogP) is 0.185. The first-order valence-corrected chi connectivity index (χ1v) is 3.97. The molecular weight excluding hydrogens is 152 g/mol. The van der Waals surface area contributed by atoms with Crippen molar-refractivity contribution in [3.8, 4) is 0 Å². The Labute approximate surface area is 63.8 Å². The summed E-state index contributed by atoms with van der Waals surface area (Å²) in [6.45, 7) is 2.07. The number of hydrogen-bond donors (Lipinski definition) is 1. The minimum absolute atomic E-state index is 0.196. The smallest absolute Gasteiger partial charge is 0.365 e. The number of rotatable bonds is 1. The van der Waals surface area contributed by atoms with Crippen LogP contribution in [0.25, 0.3) is 0 Å². The molecule has 0 radical (unpaired) electrons. The van der Waals surface area contributed by atoms with Crippen LogP contribution in [-0.4, -0.2) is 23.9 Å². The van der Waals surface area contributed by atoms with Gasteiger partial charge in [0.2, 0.25) is 5.04 Å². The number of ether oxygens (including phenoxy) is 1. The van der Waals surface area contributed by atoms with E-state index in [0.29, 0.717) is 6.61 Å². The molecule has 0 saturated heterocycles. The Morgan fingerprint density at radius 1 is 1.80 bits per heavy atom. The molecule has 10 heavy (non-hydrogen) atoms. The molecule has 0 saturated carbocycles. The number of hydrogen-bond acceptors (Lipinski definition) is 5. The number of thioether (sulfide) groups is 1. The molecule has 0 unspecified atom stereocenters. The van der Waals surface area contributed by atoms with Gasteiger partial charge in [0.15, 0.2) is 0 Å². The van der Waals surface area contributed by atoms with E-state index in [4.69, 9.17) is 5.84 Å². The van der Waals surface area contributed by atoms with Crippen LogP contribution in [0.2, 0.25) is 0 Å². The first-order valence-electron chi connectivity index (χ1n) is 2.75. The third kappa shape index (κ3) is 2.72. The highest BCUT2D eigenvalue weighted by Crippen LogP contribution is 1.98. The number of nitrogens with two attached hydrogens (primary N) is 1. The quantitative estimate of drug-likeness (QED) is 0.196. The highest BCUT2D eigenvalue weighted by atomic mass is 32.2. The van der Waals surface area contributed by atoms with Crippen molar-refractivity contribution in [1.29, 1.82) is 0 Å². The largest absolute Gasteiger partial charge is 0.461 e. The molecule has 0 aromatic carbocycles. The van der Waals surface area contributed by atoms with Crippen molar-refractivity contribution in [3.05, 3.63) is 0 Å². The number of carbonyl (C=O) groups is 1. The Bertz CT molecular complexity index is 147. The van der Waals surface area contributed by atoms with E-state index in [1.807, 2.05) is 0 Å². The van der Waals surface area contributed by atoms with Crippen molar-refractivity contribution in [2.24, 2.45) is 10.9 Å². The fourth-order valence-corrected chi connectivity index (χ4v) is 0.713. The Balaban J connectivity index is 3.91. The fourth-order valence-electron chi connectivity index (χ4n) is 0.382. The van der Waals surface area contributed by atoms with Gasteiger partial charge in [-0.3, -0.25) is 0 Å². The SMILES string of the molecule is CCOC(=O)/C(=N/N)SC. The third-order valence-electron chi connectivity index (χ3n) is 0.761. The molecular formula is C5H10N2O2S. The van der Waals surface area contributed by atoms with Crippen LogP contribution in [-0.2, 0) is 9.53 Å². The summed E-state index contributed by atoms with van der Waals surface area (Å²) in [6.07, 6.45) is 1.71. The highest BCUT2D eigenvalue weighted by Gasteiger charge is 2.09. The topological polar surface area (TPSA) is 64.7 Å². The van der Waals surface area contributed by atoms with E-state index in [0.717, 1.165) is 0 Å². The van der Waals surface area contributed by atoms with E-state index >= 15 is 0 Å². The van der Waals surface area contributed by atoms with Crippen LogP contribution in [0.15, 0.2) is 5.10 Å². The normalized spacial score (nSPS) is 11.2. The monoisotopic (exact) mass is 162 g/mol. The molecule has 2 N–H and O–H groups in total. The lowest BCUT2D eigenvalue weighted by Gasteiger charge is -1.99. The van der Waals surface area contributed by atoms with Crippen molar-refractivity contribution in [3.63, 3.8) is 0 Å². The molecule has 0 heterocycles. The van der Waals surface area contributed by atoms with E-state index in [1.54, 1.807) is 13.2 Å². The molecule has 0 bridgehead atoms. The fraction of sp³-hybridized carbons (Fsp3) is 0.600. The average molecular weight is 162 g/mol. The number of nitrogens with zero attached hydrogens (tertiary/aromatic N) is 1. The van der Waals surface area contributed by atoms with Crippen LogP contribution < -0.4 is 5.84 Å². The van der Waals surface area contributed by atoms with Gasteiger partial charge in [-0.2, -0.15) is 5.10 Å². The van der Waals surface area contributed by atoms with Crippen LogP contribution in [0.1, 0.15) is 6.92 Å². The lowest BCUT2D eigenvalue weighted by atomic mass is 10.7. The van der Waals surface area contributed by atoms with Gasteiger partial charge in [0.1, 0.15) is 0 Å². The average Bonchev–Trinajstić information content (AvgIpc) is 1.91. The van der Waals surface area contributed by atoms with E-state index in [9.17, 15) is 4.79 Å². The first kappa shape index (κ1) is 9.29. The zero-order valence-corrected chi connectivity index (χ0v) is 6.77. The minimum Gasteiger partial charge on any atom is -0.461 e. The van der Waals surface area contributed by atoms with Gasteiger partial charge >= 0.3 is 5.97 Å². The summed E-state index contributed by atoms with van der Waals surface area (Å²) in [5.41, 5.74) is 0. The minimum atomic E-state index is -0.461. The first-order chi connectivity index (χ1) is 4.76. The van der Waals surface area contributed by atoms with Gasteiger partial charge in [0, 0.05) is 0 Å². The molecule has 0 spiro atoms. The van der Waals surface area contributed by atoms with E-state index < -0.39 is 5.97 Å². The van der Waals surface area contributed by atoms with Crippen molar-refractivity contribution in [2.75, 3.05) is 12.9 Å². The summed E-state index contributed by atoms with van der Waals surface area (Å²) < 4.78 is 4.62. The number of esters is 1. The molecule has 0 amide bonds. The highest BCUT2D eigenvalue weighted by molar-refractivity contribution is 8.15. The zero-order chi connectivity index (χ0) is 7.98. The summed E-state index contributed by atoms with van der Waals surface area (Å²) in [5, 5.41) is 3.43. The second kappa shape index (κ2) is 5.10. The van der Waals surface area contributed by atoms with E-state index in [-0.39, 0.29) is 5.04 Å². The summed E-state index contributed by atoms with van der Waals surface area (Å²) in [6, 6.07) is 0. The van der Waals surface area contributed by atoms with Crippen LogP contribution in [0.5, 0.6) is 0 Å². The van der Waals surface area contributed by atoms with Gasteiger partial charge in [0.25, 0.3) is 0 Å². The molecule has 0 aromatic heterocycles. The van der Waals surface area contributed by atoms with Crippen molar-refractivity contribution < 1.29 is 9.53 Å². The maximum absolute atomic E-state index is 10.8. The molecule has 0 aromatic rings. The van der Waals surface area contributed by atoms with Gasteiger partial charge in [-0.1, -0.05) is 0 Å². The lowest BCUT2D eigenvalue weighted by molar-refractivity contribution is -0.134. The molecule has 0 aliphatic carbocycles. The summed E-state index contributed by atoms with van der Waals surface area (Å²) in [4.78, 5) is 10.8. The van der Waals surface area contributed by atoms with Gasteiger partial charge in [-0.05, 0) is 13.2 Å². The maximum atomic E-state index is 10.8. The third-order valence-corrected chi connectivity index (χ3v) is 1.42. The Kier molecular flexibility index (Phi) is 4.74. The van der Waals surface area contributed by atoms with Gasteiger partial charge in [0.05, 0.1) is 6.61 Å². The number of carbonyl (C=O) groups excluding carboxylic acids is 1. The lowest BCUT2D eigenvalue weighted by Crippen LogP contribution is -2.15. The van der Waals surface area contributed by atoms with Crippen molar-refractivity contribution >= 4 is 22.8 Å². The van der Waals surface area contributed by atoms with Crippen LogP contribution in [0, 0.1) is 0 Å². The second-order valence-electron chi connectivity index (χ2n) is 1.36. The Morgan fingerprint density at radius 2 is 2.40 bits per heavy atom. The molecule has 58 valence electrons. The van der Waals surface area contributed by atoms with E-state index in [2.05, 4.69) is 9.84 Å². The van der Waals surface area contributed by atoms with Crippen LogP contribution >= 0.6 is 11.8 Å². The molecule has 4 nitrogen and oxygen atoms in total. The van der Waals surface area contributed by atoms with Crippen LogP contribution in [0.3, 0.4) is 0 Å². The van der Waals surface area contributed by atoms with Crippen molar-refractivity contribution in [2.45, 2.75) is 6.92 Å². The molecule has 5 heteroatoms. The molecule has 0 aliphatic rings. The van der Waals surface area contributed by atoms with Gasteiger partial charge in [-0.15, -0.1) is 11.8 Å². The summed E-state index contributed by atoms with van der Waals surface area (Å²) in [7, 11) is 0. The zero-order valence-electron chi connectivity index (χ0n) is 5.96. The van der Waals surface area contributed by atoms with Crippen molar-refractivity contribution in [1.82, 2.24) is 0 Å². The molecule has 0 fully saturated rings. The molecule has 0 aliphatic heterocycles. The summed E-state index contributed by atoms with van der Waals surface area (Å²) in [5.74, 6) is 4.42. The Morgan fingerprint density at radius 3 is 2.70 bits per heavy atom. The predicted molar refractivity (Wildman–Crippen MR) is 41.8 cm³/mol. The second-order valence-corrected chi connectivity index (χ2v) is 2.15. The standard InChI is InChI=1S/C5H10N2O2S/c1-3-9-5(8)4(7-6)10-2/h3,6H2,1-2H3/b7-4-. The molecule has 0 atom stereocenters. The summed E-state index contributed by atoms with van der Waals surface area (Å²) >= 11 is 1.17. The van der Waals surface area contributed by atoms with E-state index in [1.165, 1.54) is 11.8 Å². The van der Waals surface area contributed by atoms with Crippen LogP contribution in [0.4, 0.5) is 0 Å². The maximum Gasteiger partial charge on any atom is 0.365 e. The number of hydrazone groups is 1. The molecule has 0 rings (SSSR count). The van der Waals surface area contributed by atoms with Gasteiger partial charge in [-0.25, -0.2) is 4.79 Å². The Hall–Kier alpha value is -0.710.